The second kappa shape index (κ2) is 4.34. The molecule has 0 saturated carbocycles. The van der Waals surface area contributed by atoms with Gasteiger partial charge >= 0.3 is 0 Å². The van der Waals surface area contributed by atoms with Crippen molar-refractivity contribution in [3.8, 4) is 0 Å². The van der Waals surface area contributed by atoms with Crippen LogP contribution in [0.4, 0.5) is 17.6 Å². The molecule has 6 heteroatoms. The summed E-state index contributed by atoms with van der Waals surface area (Å²) in [4.78, 5) is 0. The lowest BCUT2D eigenvalue weighted by Gasteiger charge is -2.24. The van der Waals surface area contributed by atoms with Gasteiger partial charge in [0.25, 0.3) is 0 Å². The molecule has 2 rings (SSSR count). The molecule has 0 saturated heterocycles. The van der Waals surface area contributed by atoms with Crippen LogP contribution >= 0.6 is 0 Å². The zero-order valence-corrected chi connectivity index (χ0v) is 11.4. The minimum absolute atomic E-state index is 0.0311. The molecule has 0 aliphatic carbocycles. The Hall–Kier alpha value is -0.883. The van der Waals surface area contributed by atoms with Crippen LogP contribution in [0.2, 0.25) is 12.1 Å². The molecule has 0 fully saturated rings. The molecule has 0 N–H and O–H groups in total. The van der Waals surface area contributed by atoms with Crippen molar-refractivity contribution in [2.24, 2.45) is 0 Å². The summed E-state index contributed by atoms with van der Waals surface area (Å²) in [5, 5.41) is -0.0311. The number of hydrogen-bond acceptors (Lipinski definition) is 1. The van der Waals surface area contributed by atoms with E-state index in [2.05, 4.69) is 0 Å². The summed E-state index contributed by atoms with van der Waals surface area (Å²) in [6.45, 7) is 5.14. The quantitative estimate of drug-likeness (QED) is 0.348. The Morgan fingerprint density at radius 2 is 1.44 bits per heavy atom. The van der Waals surface area contributed by atoms with E-state index >= 15 is 0 Å². The Bertz CT molecular complexity index is 500. The van der Waals surface area contributed by atoms with Gasteiger partial charge in [-0.1, -0.05) is 13.8 Å². The van der Waals surface area contributed by atoms with Crippen molar-refractivity contribution >= 4 is 13.5 Å². The van der Waals surface area contributed by atoms with Gasteiger partial charge in [-0.05, 0) is 19.0 Å². The summed E-state index contributed by atoms with van der Waals surface area (Å²) in [6.07, 6.45) is -0.726. The lowest BCUT2D eigenvalue weighted by molar-refractivity contribution is 0.226. The van der Waals surface area contributed by atoms with Crippen molar-refractivity contribution in [1.29, 1.82) is 0 Å². The molecule has 0 amide bonds. The number of halogens is 4. The third-order valence-corrected chi connectivity index (χ3v) is 8.20. The summed E-state index contributed by atoms with van der Waals surface area (Å²) >= 11 is 0. The van der Waals surface area contributed by atoms with Crippen molar-refractivity contribution in [3.05, 3.63) is 28.8 Å². The fourth-order valence-electron chi connectivity index (χ4n) is 2.70. The van der Waals surface area contributed by atoms with Crippen LogP contribution in [0.3, 0.4) is 0 Å². The fraction of sp³-hybridized carbons (Fsp3) is 0.500. The topological polar surface area (TPSA) is 9.23 Å². The second-order valence-corrected chi connectivity index (χ2v) is 8.64. The van der Waals surface area contributed by atoms with Crippen molar-refractivity contribution in [2.45, 2.75) is 39.0 Å². The van der Waals surface area contributed by atoms with Crippen LogP contribution in [0.1, 0.15) is 32.4 Å². The van der Waals surface area contributed by atoms with Crippen molar-refractivity contribution < 1.29 is 22.0 Å². The zero-order chi connectivity index (χ0) is 13.7. The van der Waals surface area contributed by atoms with E-state index in [9.17, 15) is 17.6 Å². The molecule has 1 unspecified atom stereocenters. The first-order chi connectivity index (χ1) is 8.39. The Kier molecular flexibility index (Phi) is 3.27. The van der Waals surface area contributed by atoms with Crippen LogP contribution in [-0.2, 0) is 4.43 Å². The molecule has 0 bridgehead atoms. The predicted molar refractivity (Wildman–Crippen MR) is 62.1 cm³/mol. The average Bonchev–Trinajstić information content (AvgIpc) is 2.67. The first-order valence-electron chi connectivity index (χ1n) is 5.93. The molecular weight excluding hydrogens is 264 g/mol. The Labute approximate surface area is 104 Å². The van der Waals surface area contributed by atoms with Gasteiger partial charge in [0.1, 0.15) is 0 Å². The highest BCUT2D eigenvalue weighted by Crippen LogP contribution is 2.38. The first kappa shape index (κ1) is 13.5. The standard InChI is InChI=1S/C12H14F4OSi/c1-4-18(5-2)12-7(6(3)17-18)8(13)9(14)10(15)11(12)16/h6H,4-5H2,1-3H3. The molecule has 1 aromatic rings. The average molecular weight is 278 g/mol. The maximum atomic E-state index is 14.0. The lowest BCUT2D eigenvalue weighted by Crippen LogP contribution is -2.48. The smallest absolute Gasteiger partial charge is 0.228 e. The van der Waals surface area contributed by atoms with Crippen LogP contribution in [0.25, 0.3) is 0 Å². The summed E-state index contributed by atoms with van der Waals surface area (Å²) < 4.78 is 60.1. The number of rotatable bonds is 2. The predicted octanol–water partition coefficient (Wildman–Crippen LogP) is 3.53. The Morgan fingerprint density at radius 1 is 0.944 bits per heavy atom. The minimum Gasteiger partial charge on any atom is -0.406 e. The molecule has 1 aliphatic heterocycles. The molecule has 0 radical (unpaired) electrons. The summed E-state index contributed by atoms with van der Waals surface area (Å²) in [6, 6.07) is 1.00. The number of fused-ring (bicyclic) bond motifs is 1. The number of hydrogen-bond donors (Lipinski definition) is 0. The van der Waals surface area contributed by atoms with Crippen LogP contribution in [0, 0.1) is 23.3 Å². The highest BCUT2D eigenvalue weighted by molar-refractivity contribution is 6.87. The fourth-order valence-corrected chi connectivity index (χ4v) is 6.47. The molecule has 1 heterocycles. The maximum Gasteiger partial charge on any atom is 0.228 e. The number of benzene rings is 1. The van der Waals surface area contributed by atoms with Gasteiger partial charge in [-0.2, -0.15) is 0 Å². The zero-order valence-electron chi connectivity index (χ0n) is 10.4. The Morgan fingerprint density at radius 3 is 1.94 bits per heavy atom. The molecule has 0 aromatic heterocycles. The van der Waals surface area contributed by atoms with E-state index in [1.165, 1.54) is 0 Å². The van der Waals surface area contributed by atoms with Crippen LogP contribution < -0.4 is 5.19 Å². The highest BCUT2D eigenvalue weighted by atomic mass is 28.4. The second-order valence-electron chi connectivity index (χ2n) is 4.51. The first-order valence-corrected chi connectivity index (χ1v) is 8.26. The van der Waals surface area contributed by atoms with E-state index in [4.69, 9.17) is 4.43 Å². The summed E-state index contributed by atoms with van der Waals surface area (Å²) in [7, 11) is -2.72. The Balaban J connectivity index is 2.83. The van der Waals surface area contributed by atoms with E-state index in [0.717, 1.165) is 0 Å². The monoisotopic (exact) mass is 278 g/mol. The van der Waals surface area contributed by atoms with E-state index in [1.54, 1.807) is 20.8 Å². The van der Waals surface area contributed by atoms with E-state index in [-0.39, 0.29) is 10.8 Å². The molecule has 1 atom stereocenters. The van der Waals surface area contributed by atoms with Crippen molar-refractivity contribution in [2.75, 3.05) is 0 Å². The summed E-state index contributed by atoms with van der Waals surface area (Å²) in [5.41, 5.74) is -0.137. The highest BCUT2D eigenvalue weighted by Gasteiger charge is 2.49. The third-order valence-electron chi connectivity index (χ3n) is 3.71. The van der Waals surface area contributed by atoms with E-state index in [1.807, 2.05) is 0 Å². The normalized spacial score (nSPS) is 21.2. The van der Waals surface area contributed by atoms with Gasteiger partial charge < -0.3 is 4.43 Å². The largest absolute Gasteiger partial charge is 0.406 e. The van der Waals surface area contributed by atoms with Crippen LogP contribution in [-0.4, -0.2) is 8.32 Å². The van der Waals surface area contributed by atoms with Gasteiger partial charge in [-0.15, -0.1) is 0 Å². The van der Waals surface area contributed by atoms with Gasteiger partial charge in [0.15, 0.2) is 23.3 Å². The SMILES string of the molecule is CC[Si]1(CC)OC(C)c2c(F)c(F)c(F)c(F)c21. The molecule has 18 heavy (non-hydrogen) atoms. The van der Waals surface area contributed by atoms with Gasteiger partial charge in [0.05, 0.1) is 6.10 Å². The van der Waals surface area contributed by atoms with Crippen molar-refractivity contribution in [3.63, 3.8) is 0 Å². The minimum atomic E-state index is -2.72. The molecule has 1 aromatic carbocycles. The van der Waals surface area contributed by atoms with Gasteiger partial charge in [0.2, 0.25) is 8.32 Å². The summed E-state index contributed by atoms with van der Waals surface area (Å²) in [5.74, 6) is -6.07. The molecule has 1 aliphatic rings. The van der Waals surface area contributed by atoms with Gasteiger partial charge in [-0.3, -0.25) is 0 Å². The van der Waals surface area contributed by atoms with Crippen LogP contribution in [0.15, 0.2) is 0 Å². The molecule has 100 valence electrons. The van der Waals surface area contributed by atoms with E-state index < -0.39 is 37.7 Å². The van der Waals surface area contributed by atoms with Gasteiger partial charge in [-0.25, -0.2) is 17.6 Å². The van der Waals surface area contributed by atoms with E-state index in [0.29, 0.717) is 12.1 Å². The molecule has 1 nitrogen and oxygen atoms in total. The third kappa shape index (κ3) is 1.55. The molecule has 0 spiro atoms. The van der Waals surface area contributed by atoms with Crippen molar-refractivity contribution in [1.82, 2.24) is 0 Å². The van der Waals surface area contributed by atoms with Gasteiger partial charge in [0, 0.05) is 10.8 Å². The maximum absolute atomic E-state index is 14.0. The molecular formula is C12H14F4OSi. The van der Waals surface area contributed by atoms with Crippen LogP contribution in [0.5, 0.6) is 0 Å². The lowest BCUT2D eigenvalue weighted by atomic mass is 10.1.